The van der Waals surface area contributed by atoms with Gasteiger partial charge in [0.25, 0.3) is 0 Å². The number of nitrogens with one attached hydrogen (secondary N) is 1. The Bertz CT molecular complexity index is 694. The van der Waals surface area contributed by atoms with Gasteiger partial charge in [0.05, 0.1) is 0 Å². The van der Waals surface area contributed by atoms with Gasteiger partial charge in [-0.2, -0.15) is 0 Å². The van der Waals surface area contributed by atoms with Crippen LogP contribution in [0.4, 0.5) is 0 Å². The molecular weight excluding hydrogens is 330 g/mol. The van der Waals surface area contributed by atoms with Gasteiger partial charge in [0.1, 0.15) is 4.21 Å². The third kappa shape index (κ3) is 4.60. The third-order valence-electron chi connectivity index (χ3n) is 4.18. The molecule has 124 valence electrons. The summed E-state index contributed by atoms with van der Waals surface area (Å²) in [5.41, 5.74) is 1.27. The molecule has 2 aromatic rings. The molecule has 5 nitrogen and oxygen atoms in total. The van der Waals surface area contributed by atoms with E-state index in [-0.39, 0.29) is 0 Å². The molecule has 0 atom stereocenters. The zero-order valence-corrected chi connectivity index (χ0v) is 14.5. The van der Waals surface area contributed by atoms with Crippen LogP contribution in [0.15, 0.2) is 46.2 Å². The van der Waals surface area contributed by atoms with Crippen molar-refractivity contribution in [2.45, 2.75) is 23.6 Å². The first-order valence-electron chi connectivity index (χ1n) is 7.78. The van der Waals surface area contributed by atoms with Crippen molar-refractivity contribution in [1.29, 1.82) is 0 Å². The van der Waals surface area contributed by atoms with Crippen LogP contribution >= 0.6 is 11.3 Å². The highest BCUT2D eigenvalue weighted by Gasteiger charge is 2.22. The zero-order valence-electron chi connectivity index (χ0n) is 12.9. The molecule has 0 unspecified atom stereocenters. The number of nitrogens with zero attached hydrogens (tertiary/aromatic N) is 2. The smallest absolute Gasteiger partial charge is 0.250 e. The molecule has 0 amide bonds. The van der Waals surface area contributed by atoms with E-state index in [2.05, 4.69) is 14.6 Å². The topological polar surface area (TPSA) is 62.3 Å². The summed E-state index contributed by atoms with van der Waals surface area (Å²) in [5, 5.41) is 1.78. The molecule has 1 saturated heterocycles. The predicted molar refractivity (Wildman–Crippen MR) is 91.7 cm³/mol. The molecule has 0 spiro atoms. The second-order valence-corrected chi connectivity index (χ2v) is 8.80. The standard InChI is InChI=1S/C16H21N3O2S2/c20-23(21,16-2-1-11-22-16)18-12-14-5-9-19(10-6-14)13-15-3-7-17-8-4-15/h1-4,7-8,11,14,18H,5-6,9-10,12-13H2. The first-order valence-corrected chi connectivity index (χ1v) is 10.1. The van der Waals surface area contributed by atoms with Crippen LogP contribution in [-0.4, -0.2) is 37.9 Å². The largest absolute Gasteiger partial charge is 0.299 e. The highest BCUT2D eigenvalue weighted by molar-refractivity contribution is 7.91. The first kappa shape index (κ1) is 16.6. The minimum atomic E-state index is -3.33. The van der Waals surface area contributed by atoms with Crippen molar-refractivity contribution in [3.05, 3.63) is 47.6 Å². The maximum absolute atomic E-state index is 12.1. The highest BCUT2D eigenvalue weighted by atomic mass is 32.2. The van der Waals surface area contributed by atoms with Crippen molar-refractivity contribution in [3.8, 4) is 0 Å². The van der Waals surface area contributed by atoms with E-state index in [4.69, 9.17) is 0 Å². The van der Waals surface area contributed by atoms with E-state index in [9.17, 15) is 8.42 Å². The Morgan fingerprint density at radius 2 is 1.96 bits per heavy atom. The Balaban J connectivity index is 1.44. The lowest BCUT2D eigenvalue weighted by atomic mass is 9.97. The van der Waals surface area contributed by atoms with Gasteiger partial charge in [-0.05, 0) is 61.0 Å². The Labute approximate surface area is 141 Å². The normalized spacial score (nSPS) is 17.4. The number of rotatable bonds is 6. The molecule has 0 aromatic carbocycles. The number of sulfonamides is 1. The fourth-order valence-corrected chi connectivity index (χ4v) is 4.96. The van der Waals surface area contributed by atoms with Gasteiger partial charge in [-0.15, -0.1) is 11.3 Å². The molecule has 1 fully saturated rings. The molecular formula is C16H21N3O2S2. The fraction of sp³-hybridized carbons (Fsp3) is 0.438. The number of aromatic nitrogens is 1. The van der Waals surface area contributed by atoms with Crippen molar-refractivity contribution in [3.63, 3.8) is 0 Å². The number of piperidine rings is 1. The molecule has 1 aliphatic heterocycles. The molecule has 3 heterocycles. The molecule has 0 saturated carbocycles. The van der Waals surface area contributed by atoms with Gasteiger partial charge >= 0.3 is 0 Å². The summed E-state index contributed by atoms with van der Waals surface area (Å²) >= 11 is 1.25. The van der Waals surface area contributed by atoms with Gasteiger partial charge < -0.3 is 0 Å². The van der Waals surface area contributed by atoms with Crippen molar-refractivity contribution in [2.75, 3.05) is 19.6 Å². The van der Waals surface area contributed by atoms with Crippen molar-refractivity contribution in [1.82, 2.24) is 14.6 Å². The molecule has 1 N–H and O–H groups in total. The number of likely N-dealkylation sites (tertiary alicyclic amines) is 1. The minimum absolute atomic E-state index is 0.396. The van der Waals surface area contributed by atoms with Crippen LogP contribution in [0, 0.1) is 5.92 Å². The number of hydrogen-bond donors (Lipinski definition) is 1. The van der Waals surface area contributed by atoms with E-state index in [1.807, 2.05) is 24.5 Å². The third-order valence-corrected chi connectivity index (χ3v) is 7.01. The number of thiophene rings is 1. The fourth-order valence-electron chi connectivity index (χ4n) is 2.81. The Morgan fingerprint density at radius 3 is 2.61 bits per heavy atom. The maximum atomic E-state index is 12.1. The van der Waals surface area contributed by atoms with Crippen LogP contribution in [0.25, 0.3) is 0 Å². The van der Waals surface area contributed by atoms with E-state index >= 15 is 0 Å². The van der Waals surface area contributed by atoms with E-state index in [1.165, 1.54) is 16.9 Å². The van der Waals surface area contributed by atoms with Gasteiger partial charge in [-0.3, -0.25) is 9.88 Å². The van der Waals surface area contributed by atoms with Crippen molar-refractivity contribution >= 4 is 21.4 Å². The van der Waals surface area contributed by atoms with Crippen LogP contribution in [0.5, 0.6) is 0 Å². The van der Waals surface area contributed by atoms with E-state index < -0.39 is 10.0 Å². The molecule has 0 aliphatic carbocycles. The molecule has 7 heteroatoms. The number of hydrogen-bond acceptors (Lipinski definition) is 5. The molecule has 0 radical (unpaired) electrons. The molecule has 23 heavy (non-hydrogen) atoms. The Kier molecular flexibility index (Phi) is 5.42. The van der Waals surface area contributed by atoms with Gasteiger partial charge in [0.2, 0.25) is 10.0 Å². The Hall–Kier alpha value is -1.28. The van der Waals surface area contributed by atoms with Gasteiger partial charge in [-0.25, -0.2) is 13.1 Å². The first-order chi connectivity index (χ1) is 11.1. The van der Waals surface area contributed by atoms with Crippen LogP contribution in [0.3, 0.4) is 0 Å². The summed E-state index contributed by atoms with van der Waals surface area (Å²) in [5.74, 6) is 0.415. The zero-order chi connectivity index (χ0) is 16.1. The molecule has 0 bridgehead atoms. The van der Waals surface area contributed by atoms with Crippen LogP contribution in [0.2, 0.25) is 0 Å². The van der Waals surface area contributed by atoms with E-state index in [1.54, 1.807) is 17.5 Å². The van der Waals surface area contributed by atoms with Crippen molar-refractivity contribution in [2.24, 2.45) is 5.92 Å². The summed E-state index contributed by atoms with van der Waals surface area (Å²) in [4.78, 5) is 6.45. The van der Waals surface area contributed by atoms with Gasteiger partial charge in [-0.1, -0.05) is 6.07 Å². The summed E-state index contributed by atoms with van der Waals surface area (Å²) in [7, 11) is -3.33. The average Bonchev–Trinajstić information content (AvgIpc) is 3.11. The van der Waals surface area contributed by atoms with E-state index in [0.717, 1.165) is 32.5 Å². The van der Waals surface area contributed by atoms with Crippen LogP contribution in [-0.2, 0) is 16.6 Å². The predicted octanol–water partition coefficient (Wildman–Crippen LogP) is 2.33. The SMILES string of the molecule is O=S(=O)(NCC1CCN(Cc2ccncc2)CC1)c1cccs1. The van der Waals surface area contributed by atoms with Crippen molar-refractivity contribution < 1.29 is 8.42 Å². The van der Waals surface area contributed by atoms with E-state index in [0.29, 0.717) is 16.7 Å². The second kappa shape index (κ2) is 7.53. The van der Waals surface area contributed by atoms with Gasteiger partial charge in [0.15, 0.2) is 0 Å². The van der Waals surface area contributed by atoms with Crippen LogP contribution < -0.4 is 4.72 Å². The maximum Gasteiger partial charge on any atom is 0.250 e. The average molecular weight is 351 g/mol. The van der Waals surface area contributed by atoms with Crippen LogP contribution in [0.1, 0.15) is 18.4 Å². The lowest BCUT2D eigenvalue weighted by molar-refractivity contribution is 0.178. The minimum Gasteiger partial charge on any atom is -0.299 e. The lowest BCUT2D eigenvalue weighted by Crippen LogP contribution is -2.38. The highest BCUT2D eigenvalue weighted by Crippen LogP contribution is 2.20. The lowest BCUT2D eigenvalue weighted by Gasteiger charge is -2.31. The summed E-state index contributed by atoms with van der Waals surface area (Å²) < 4.78 is 27.4. The number of pyridine rings is 1. The second-order valence-electron chi connectivity index (χ2n) is 5.86. The summed E-state index contributed by atoms with van der Waals surface area (Å²) in [6.45, 7) is 3.49. The quantitative estimate of drug-likeness (QED) is 0.868. The Morgan fingerprint density at radius 1 is 1.22 bits per heavy atom. The molecule has 2 aromatic heterocycles. The molecule has 1 aliphatic rings. The van der Waals surface area contributed by atoms with Gasteiger partial charge in [0, 0.05) is 25.5 Å². The monoisotopic (exact) mass is 351 g/mol. The summed E-state index contributed by atoms with van der Waals surface area (Å²) in [6.07, 6.45) is 5.69. The summed E-state index contributed by atoms with van der Waals surface area (Å²) in [6, 6.07) is 7.49. The molecule has 3 rings (SSSR count).